The number of hydrogen-bond donors (Lipinski definition) is 1. The molecular formula is C15H27N3O2. The average molecular weight is 281 g/mol. The molecule has 2 fully saturated rings. The van der Waals surface area contributed by atoms with Crippen molar-refractivity contribution in [1.29, 1.82) is 0 Å². The van der Waals surface area contributed by atoms with E-state index in [1.165, 1.54) is 6.42 Å². The molecule has 0 bridgehead atoms. The van der Waals surface area contributed by atoms with E-state index in [-0.39, 0.29) is 17.9 Å². The molecule has 114 valence electrons. The average Bonchev–Trinajstić information content (AvgIpc) is 2.83. The number of rotatable bonds is 2. The van der Waals surface area contributed by atoms with Gasteiger partial charge in [-0.1, -0.05) is 6.92 Å². The van der Waals surface area contributed by atoms with E-state index in [1.54, 1.807) is 19.0 Å². The molecule has 5 nitrogen and oxygen atoms in total. The minimum absolute atomic E-state index is 0.0495. The van der Waals surface area contributed by atoms with Gasteiger partial charge in [-0.2, -0.15) is 0 Å². The highest BCUT2D eigenvalue weighted by molar-refractivity contribution is 5.80. The van der Waals surface area contributed by atoms with Crippen LogP contribution in [-0.4, -0.2) is 55.0 Å². The highest BCUT2D eigenvalue weighted by Gasteiger charge is 2.30. The Balaban J connectivity index is 1.76. The zero-order valence-electron chi connectivity index (χ0n) is 12.9. The molecule has 20 heavy (non-hydrogen) atoms. The van der Waals surface area contributed by atoms with Gasteiger partial charge in [0, 0.05) is 39.1 Å². The summed E-state index contributed by atoms with van der Waals surface area (Å²) in [4.78, 5) is 27.5. The van der Waals surface area contributed by atoms with Crippen molar-refractivity contribution in [2.45, 2.75) is 45.1 Å². The van der Waals surface area contributed by atoms with E-state index < -0.39 is 0 Å². The van der Waals surface area contributed by atoms with Crippen molar-refractivity contribution in [3.05, 3.63) is 0 Å². The first-order valence-corrected chi connectivity index (χ1v) is 7.74. The number of nitrogens with one attached hydrogen (secondary N) is 1. The van der Waals surface area contributed by atoms with Gasteiger partial charge in [0.1, 0.15) is 0 Å². The summed E-state index contributed by atoms with van der Waals surface area (Å²) in [6.07, 6.45) is 5.02. The third-order valence-electron chi connectivity index (χ3n) is 4.56. The predicted molar refractivity (Wildman–Crippen MR) is 78.3 cm³/mol. The van der Waals surface area contributed by atoms with Gasteiger partial charge in [0.05, 0.1) is 0 Å². The van der Waals surface area contributed by atoms with Crippen LogP contribution in [-0.2, 0) is 4.79 Å². The smallest absolute Gasteiger partial charge is 0.319 e. The molecule has 2 atom stereocenters. The molecule has 1 heterocycles. The van der Waals surface area contributed by atoms with Gasteiger partial charge in [0.2, 0.25) is 5.91 Å². The number of carbonyl (C=O) groups excluding carboxylic acids is 2. The van der Waals surface area contributed by atoms with Crippen LogP contribution in [0.1, 0.15) is 39.0 Å². The van der Waals surface area contributed by atoms with E-state index in [9.17, 15) is 9.59 Å². The molecule has 2 unspecified atom stereocenters. The molecule has 2 rings (SSSR count). The van der Waals surface area contributed by atoms with Crippen molar-refractivity contribution in [3.63, 3.8) is 0 Å². The number of amides is 3. The fraction of sp³-hybridized carbons (Fsp3) is 0.867. The van der Waals surface area contributed by atoms with E-state index in [2.05, 4.69) is 12.2 Å². The van der Waals surface area contributed by atoms with Crippen LogP contribution in [0.15, 0.2) is 0 Å². The Morgan fingerprint density at radius 3 is 2.25 bits per heavy atom. The summed E-state index contributed by atoms with van der Waals surface area (Å²) in [7, 11) is 3.53. The monoisotopic (exact) mass is 281 g/mol. The maximum Gasteiger partial charge on any atom is 0.319 e. The van der Waals surface area contributed by atoms with Gasteiger partial charge in [-0.05, 0) is 38.0 Å². The molecule has 0 aromatic carbocycles. The van der Waals surface area contributed by atoms with Crippen LogP contribution in [0.25, 0.3) is 0 Å². The van der Waals surface area contributed by atoms with Gasteiger partial charge >= 0.3 is 6.03 Å². The molecule has 0 aromatic rings. The van der Waals surface area contributed by atoms with Crippen LogP contribution in [0.2, 0.25) is 0 Å². The molecule has 1 aliphatic heterocycles. The number of likely N-dealkylation sites (tertiary alicyclic amines) is 1. The second kappa shape index (κ2) is 6.46. The molecule has 2 aliphatic rings. The molecule has 0 aromatic heterocycles. The minimum Gasteiger partial charge on any atom is -0.353 e. The van der Waals surface area contributed by atoms with Gasteiger partial charge in [0.15, 0.2) is 0 Å². The van der Waals surface area contributed by atoms with Gasteiger partial charge in [-0.25, -0.2) is 4.79 Å². The van der Waals surface area contributed by atoms with Gasteiger partial charge in [0.25, 0.3) is 0 Å². The van der Waals surface area contributed by atoms with Crippen LogP contribution in [0, 0.1) is 11.8 Å². The molecule has 3 amide bonds. The Kier molecular flexibility index (Phi) is 4.89. The third kappa shape index (κ3) is 3.64. The lowest BCUT2D eigenvalue weighted by molar-refractivity contribution is -0.127. The normalized spacial score (nSPS) is 27.4. The van der Waals surface area contributed by atoms with Crippen molar-refractivity contribution in [2.24, 2.45) is 11.8 Å². The maximum atomic E-state index is 12.2. The summed E-state index contributed by atoms with van der Waals surface area (Å²) in [6.45, 7) is 3.63. The van der Waals surface area contributed by atoms with Gasteiger partial charge in [-0.15, -0.1) is 0 Å². The maximum absolute atomic E-state index is 12.2. The van der Waals surface area contributed by atoms with Crippen LogP contribution in [0.3, 0.4) is 0 Å². The van der Waals surface area contributed by atoms with Crippen LogP contribution < -0.4 is 5.32 Å². The molecule has 1 N–H and O–H groups in total. The first-order valence-electron chi connectivity index (χ1n) is 7.74. The lowest BCUT2D eigenvalue weighted by atomic mass is 9.95. The van der Waals surface area contributed by atoms with E-state index in [0.717, 1.165) is 31.6 Å². The second-order valence-corrected chi connectivity index (χ2v) is 6.56. The van der Waals surface area contributed by atoms with Crippen LogP contribution in [0.5, 0.6) is 0 Å². The Hall–Kier alpha value is -1.26. The van der Waals surface area contributed by atoms with Crippen molar-refractivity contribution < 1.29 is 9.59 Å². The zero-order chi connectivity index (χ0) is 14.7. The first-order chi connectivity index (χ1) is 9.47. The summed E-state index contributed by atoms with van der Waals surface area (Å²) >= 11 is 0. The summed E-state index contributed by atoms with van der Waals surface area (Å²) < 4.78 is 0. The Morgan fingerprint density at radius 1 is 1.10 bits per heavy atom. The molecule has 1 saturated carbocycles. The molecule has 0 spiro atoms. The highest BCUT2D eigenvalue weighted by Crippen LogP contribution is 2.26. The zero-order valence-corrected chi connectivity index (χ0v) is 12.9. The Bertz CT molecular complexity index is 362. The topological polar surface area (TPSA) is 52.7 Å². The lowest BCUT2D eigenvalue weighted by Crippen LogP contribution is -2.47. The summed E-state index contributed by atoms with van der Waals surface area (Å²) in [5.41, 5.74) is 0. The number of piperidine rings is 1. The fourth-order valence-corrected chi connectivity index (χ4v) is 3.27. The standard InChI is InChI=1S/C15H27N3O2/c1-11-4-5-13(10-11)16-14(19)12-6-8-18(9-7-12)15(20)17(2)3/h11-13H,4-10H2,1-3H3,(H,16,19). The fourth-order valence-electron chi connectivity index (χ4n) is 3.27. The van der Waals surface area contributed by atoms with E-state index in [1.807, 2.05) is 4.90 Å². The van der Waals surface area contributed by atoms with Crippen molar-refractivity contribution in [3.8, 4) is 0 Å². The quantitative estimate of drug-likeness (QED) is 0.837. The summed E-state index contributed by atoms with van der Waals surface area (Å²) in [5, 5.41) is 3.19. The van der Waals surface area contributed by atoms with Gasteiger partial charge in [-0.3, -0.25) is 4.79 Å². The van der Waals surface area contributed by atoms with Gasteiger partial charge < -0.3 is 15.1 Å². The van der Waals surface area contributed by atoms with E-state index in [4.69, 9.17) is 0 Å². The van der Waals surface area contributed by atoms with E-state index in [0.29, 0.717) is 19.1 Å². The third-order valence-corrected chi connectivity index (χ3v) is 4.56. The number of carbonyl (C=O) groups is 2. The Morgan fingerprint density at radius 2 is 1.75 bits per heavy atom. The Labute approximate surface area is 121 Å². The molecule has 0 radical (unpaired) electrons. The SMILES string of the molecule is CC1CCC(NC(=O)C2CCN(C(=O)N(C)C)CC2)C1. The van der Waals surface area contributed by atoms with Crippen LogP contribution >= 0.6 is 0 Å². The van der Waals surface area contributed by atoms with Crippen molar-refractivity contribution in [1.82, 2.24) is 15.1 Å². The summed E-state index contributed by atoms with van der Waals surface area (Å²) in [5.74, 6) is 1.01. The largest absolute Gasteiger partial charge is 0.353 e. The lowest BCUT2D eigenvalue weighted by Gasteiger charge is -2.33. The molecule has 1 aliphatic carbocycles. The first kappa shape index (κ1) is 15.1. The highest BCUT2D eigenvalue weighted by atomic mass is 16.2. The van der Waals surface area contributed by atoms with Crippen molar-refractivity contribution in [2.75, 3.05) is 27.2 Å². The molecule has 1 saturated heterocycles. The van der Waals surface area contributed by atoms with Crippen LogP contribution in [0.4, 0.5) is 4.79 Å². The molecular weight excluding hydrogens is 254 g/mol. The predicted octanol–water partition coefficient (Wildman–Crippen LogP) is 1.68. The number of hydrogen-bond acceptors (Lipinski definition) is 2. The second-order valence-electron chi connectivity index (χ2n) is 6.56. The number of nitrogens with zero attached hydrogens (tertiary/aromatic N) is 2. The van der Waals surface area contributed by atoms with Crippen molar-refractivity contribution >= 4 is 11.9 Å². The molecule has 5 heteroatoms. The number of urea groups is 1. The minimum atomic E-state index is 0.0495. The summed E-state index contributed by atoms with van der Waals surface area (Å²) in [6, 6.07) is 0.424. The van der Waals surface area contributed by atoms with E-state index >= 15 is 0 Å².